The number of hydrogen-bond acceptors (Lipinski definition) is 5. The highest BCUT2D eigenvalue weighted by Crippen LogP contribution is 2.21. The number of benzene rings is 2. The molecule has 0 bridgehead atoms. The Bertz CT molecular complexity index is 822. The van der Waals surface area contributed by atoms with Gasteiger partial charge in [0.1, 0.15) is 5.75 Å². The summed E-state index contributed by atoms with van der Waals surface area (Å²) in [6.07, 6.45) is 0. The van der Waals surface area contributed by atoms with Crippen LogP contribution in [0.5, 0.6) is 5.75 Å². The summed E-state index contributed by atoms with van der Waals surface area (Å²) in [7, 11) is 2.80. The second-order valence-corrected chi connectivity index (χ2v) is 5.99. The number of carbonyl (C=O) groups is 3. The molecule has 0 aliphatic carbocycles. The van der Waals surface area contributed by atoms with Gasteiger partial charge in [-0.3, -0.25) is 20.4 Å². The van der Waals surface area contributed by atoms with Crippen LogP contribution in [0.3, 0.4) is 0 Å². The van der Waals surface area contributed by atoms with Crippen molar-refractivity contribution in [3.63, 3.8) is 0 Å². The van der Waals surface area contributed by atoms with E-state index in [-0.39, 0.29) is 11.1 Å². The lowest BCUT2D eigenvalue weighted by atomic mass is 10.1. The Kier molecular flexibility index (Phi) is 6.34. The van der Waals surface area contributed by atoms with Gasteiger partial charge < -0.3 is 9.47 Å². The number of halogens is 1. The van der Waals surface area contributed by atoms with E-state index in [1.54, 1.807) is 31.4 Å². The number of amides is 2. The molecule has 0 aliphatic heterocycles. The first-order valence-electron chi connectivity index (χ1n) is 7.09. The van der Waals surface area contributed by atoms with Crippen molar-refractivity contribution in [3.8, 4) is 5.75 Å². The van der Waals surface area contributed by atoms with Crippen LogP contribution in [0, 0.1) is 3.57 Å². The third-order valence-corrected chi connectivity index (χ3v) is 4.09. The Morgan fingerprint density at radius 1 is 0.880 bits per heavy atom. The van der Waals surface area contributed by atoms with Crippen LogP contribution in [-0.2, 0) is 4.74 Å². The van der Waals surface area contributed by atoms with Crippen molar-refractivity contribution in [2.45, 2.75) is 0 Å². The number of nitrogens with one attached hydrogen (secondary N) is 2. The van der Waals surface area contributed by atoms with Gasteiger partial charge in [0, 0.05) is 11.1 Å². The van der Waals surface area contributed by atoms with Crippen molar-refractivity contribution in [1.29, 1.82) is 0 Å². The van der Waals surface area contributed by atoms with Crippen LogP contribution < -0.4 is 15.6 Å². The summed E-state index contributed by atoms with van der Waals surface area (Å²) in [6.45, 7) is 0. The van der Waals surface area contributed by atoms with Crippen molar-refractivity contribution in [1.82, 2.24) is 10.9 Å². The number of esters is 1. The smallest absolute Gasteiger partial charge is 0.337 e. The second kappa shape index (κ2) is 8.47. The van der Waals surface area contributed by atoms with Crippen LogP contribution in [0.2, 0.25) is 0 Å². The fourth-order valence-electron chi connectivity index (χ4n) is 1.97. The summed E-state index contributed by atoms with van der Waals surface area (Å²) in [5.41, 5.74) is 5.46. The average molecular weight is 454 g/mol. The molecule has 130 valence electrons. The fourth-order valence-corrected chi connectivity index (χ4v) is 2.71. The third kappa shape index (κ3) is 4.69. The highest BCUT2D eigenvalue weighted by atomic mass is 127. The Morgan fingerprint density at radius 2 is 1.48 bits per heavy atom. The summed E-state index contributed by atoms with van der Waals surface area (Å²) in [5, 5.41) is 0. The van der Waals surface area contributed by atoms with Gasteiger partial charge in [-0.15, -0.1) is 0 Å². The minimum absolute atomic E-state index is 0.215. The number of carbonyl (C=O) groups excluding carboxylic acids is 3. The van der Waals surface area contributed by atoms with Crippen LogP contribution in [0.25, 0.3) is 0 Å². The maximum absolute atomic E-state index is 12.1. The van der Waals surface area contributed by atoms with E-state index in [0.29, 0.717) is 11.3 Å². The number of ether oxygens (including phenoxy) is 2. The first-order valence-corrected chi connectivity index (χ1v) is 8.16. The second-order valence-electron chi connectivity index (χ2n) is 4.83. The van der Waals surface area contributed by atoms with Crippen molar-refractivity contribution in [2.24, 2.45) is 0 Å². The van der Waals surface area contributed by atoms with E-state index in [2.05, 4.69) is 15.6 Å². The van der Waals surface area contributed by atoms with E-state index in [1.165, 1.54) is 25.3 Å². The highest BCUT2D eigenvalue weighted by Gasteiger charge is 2.13. The molecule has 2 N–H and O–H groups in total. The van der Waals surface area contributed by atoms with Crippen molar-refractivity contribution < 1.29 is 23.9 Å². The third-order valence-electron chi connectivity index (χ3n) is 3.25. The van der Waals surface area contributed by atoms with Gasteiger partial charge in [-0.2, -0.15) is 0 Å². The van der Waals surface area contributed by atoms with Crippen LogP contribution in [0.4, 0.5) is 0 Å². The summed E-state index contributed by atoms with van der Waals surface area (Å²) < 4.78 is 10.5. The summed E-state index contributed by atoms with van der Waals surface area (Å²) in [5.74, 6) is -0.923. The van der Waals surface area contributed by atoms with Gasteiger partial charge in [0.2, 0.25) is 0 Å². The molecule has 0 fully saturated rings. The molecule has 0 heterocycles. The van der Waals surface area contributed by atoms with Crippen LogP contribution >= 0.6 is 22.6 Å². The highest BCUT2D eigenvalue weighted by molar-refractivity contribution is 14.1. The lowest BCUT2D eigenvalue weighted by molar-refractivity contribution is 0.0600. The largest absolute Gasteiger partial charge is 0.496 e. The molecular formula is C17H15IN2O5. The van der Waals surface area contributed by atoms with E-state index < -0.39 is 17.8 Å². The lowest BCUT2D eigenvalue weighted by Crippen LogP contribution is -2.41. The normalized spacial score (nSPS) is 9.88. The molecule has 2 aromatic carbocycles. The summed E-state index contributed by atoms with van der Waals surface area (Å²) in [6, 6.07) is 10.9. The molecule has 0 saturated heterocycles. The molecule has 8 heteroatoms. The zero-order valence-corrected chi connectivity index (χ0v) is 15.6. The zero-order valence-electron chi connectivity index (χ0n) is 13.5. The summed E-state index contributed by atoms with van der Waals surface area (Å²) >= 11 is 2.05. The molecule has 0 spiro atoms. The van der Waals surface area contributed by atoms with Crippen molar-refractivity contribution in [3.05, 3.63) is 62.7 Å². The Balaban J connectivity index is 2.03. The number of methoxy groups -OCH3 is 2. The van der Waals surface area contributed by atoms with E-state index in [1.807, 2.05) is 22.6 Å². The summed E-state index contributed by atoms with van der Waals surface area (Å²) in [4.78, 5) is 35.7. The quantitative estimate of drug-likeness (QED) is 0.420. The van der Waals surface area contributed by atoms with E-state index in [4.69, 9.17) is 4.74 Å². The molecule has 2 amide bonds. The minimum atomic E-state index is -0.553. The molecule has 2 aromatic rings. The minimum Gasteiger partial charge on any atom is -0.496 e. The predicted octanol–water partition coefficient (Wildman–Crippen LogP) is 2.16. The molecule has 0 radical (unpaired) electrons. The zero-order chi connectivity index (χ0) is 18.4. The molecular weight excluding hydrogens is 439 g/mol. The maximum atomic E-state index is 12.1. The Labute approximate surface area is 157 Å². The van der Waals surface area contributed by atoms with Gasteiger partial charge in [-0.05, 0) is 59.0 Å². The monoisotopic (exact) mass is 454 g/mol. The molecule has 7 nitrogen and oxygen atoms in total. The first kappa shape index (κ1) is 18.7. The van der Waals surface area contributed by atoms with E-state index in [0.717, 1.165) is 3.57 Å². The van der Waals surface area contributed by atoms with Crippen LogP contribution in [0.1, 0.15) is 31.1 Å². The van der Waals surface area contributed by atoms with Gasteiger partial charge in [-0.1, -0.05) is 6.07 Å². The van der Waals surface area contributed by atoms with E-state index in [9.17, 15) is 14.4 Å². The predicted molar refractivity (Wildman–Crippen MR) is 98.4 cm³/mol. The molecule has 2 rings (SSSR count). The van der Waals surface area contributed by atoms with E-state index >= 15 is 0 Å². The Morgan fingerprint density at radius 3 is 2.04 bits per heavy atom. The molecule has 0 unspecified atom stereocenters. The van der Waals surface area contributed by atoms with Crippen molar-refractivity contribution >= 4 is 40.4 Å². The molecule has 0 saturated carbocycles. The van der Waals surface area contributed by atoms with Gasteiger partial charge in [0.15, 0.2) is 0 Å². The fraction of sp³-hybridized carbons (Fsp3) is 0.118. The van der Waals surface area contributed by atoms with Gasteiger partial charge in [-0.25, -0.2) is 4.79 Å². The van der Waals surface area contributed by atoms with Gasteiger partial charge >= 0.3 is 5.97 Å². The Hall–Kier alpha value is -2.62. The standard InChI is InChI=1S/C17H15IN2O5/c1-24-14-7-6-11(9-13(14)18)16(22)20-19-15(21)10-4-3-5-12(8-10)17(23)25-2/h3-9H,1-2H3,(H,19,21)(H,20,22). The number of hydrogen-bond donors (Lipinski definition) is 2. The van der Waals surface area contributed by atoms with Crippen molar-refractivity contribution in [2.75, 3.05) is 14.2 Å². The number of hydrazine groups is 1. The lowest BCUT2D eigenvalue weighted by Gasteiger charge is -2.09. The molecule has 0 aromatic heterocycles. The van der Waals surface area contributed by atoms with Crippen LogP contribution in [0.15, 0.2) is 42.5 Å². The topological polar surface area (TPSA) is 93.7 Å². The molecule has 0 atom stereocenters. The average Bonchev–Trinajstić information content (AvgIpc) is 2.65. The molecule has 0 aliphatic rings. The first-order chi connectivity index (χ1) is 12.0. The SMILES string of the molecule is COC(=O)c1cccc(C(=O)NNC(=O)c2ccc(OC)c(I)c2)c1. The maximum Gasteiger partial charge on any atom is 0.337 e. The van der Waals surface area contributed by atoms with Gasteiger partial charge in [0.25, 0.3) is 11.8 Å². The molecule has 25 heavy (non-hydrogen) atoms. The van der Waals surface area contributed by atoms with Gasteiger partial charge in [0.05, 0.1) is 23.4 Å². The number of rotatable bonds is 4. The van der Waals surface area contributed by atoms with Crippen LogP contribution in [-0.4, -0.2) is 32.0 Å².